The molecule has 0 aromatic carbocycles. The molecule has 0 radical (unpaired) electrons. The SMILES string of the molecule is O=C1C=C(N2CC2)C(=O)C(N2CC2)=C1N1CC1.S=C(S)NN1CCCC1. The fourth-order valence-corrected chi connectivity index (χ4v) is 3.51. The highest BCUT2D eigenvalue weighted by Gasteiger charge is 2.43. The molecular formula is C17H23N5O2S2. The monoisotopic (exact) mass is 393 g/mol. The number of allylic oxidation sites excluding steroid dienone is 1. The zero-order valence-electron chi connectivity index (χ0n) is 14.6. The van der Waals surface area contributed by atoms with Gasteiger partial charge in [0, 0.05) is 58.4 Å². The lowest BCUT2D eigenvalue weighted by Gasteiger charge is -2.21. The summed E-state index contributed by atoms with van der Waals surface area (Å²) in [6.07, 6.45) is 4.06. The van der Waals surface area contributed by atoms with Crippen LogP contribution in [0.1, 0.15) is 12.8 Å². The van der Waals surface area contributed by atoms with Crippen molar-refractivity contribution >= 4 is 40.7 Å². The van der Waals surface area contributed by atoms with E-state index >= 15 is 0 Å². The Kier molecular flexibility index (Phi) is 4.94. The third-order valence-electron chi connectivity index (χ3n) is 4.85. The first-order valence-corrected chi connectivity index (χ1v) is 9.94. The minimum absolute atomic E-state index is 0.00546. The van der Waals surface area contributed by atoms with Gasteiger partial charge < -0.3 is 20.1 Å². The minimum Gasteiger partial charge on any atom is -0.365 e. The number of nitrogens with zero attached hydrogens (tertiary/aromatic N) is 4. The van der Waals surface area contributed by atoms with Gasteiger partial charge in [-0.05, 0) is 12.8 Å². The summed E-state index contributed by atoms with van der Waals surface area (Å²) in [6.45, 7) is 7.60. The molecule has 0 aromatic heterocycles. The molecule has 26 heavy (non-hydrogen) atoms. The van der Waals surface area contributed by atoms with Crippen molar-refractivity contribution in [2.24, 2.45) is 0 Å². The number of hydrazine groups is 1. The highest BCUT2D eigenvalue weighted by atomic mass is 32.1. The molecular weight excluding hydrogens is 370 g/mol. The molecule has 4 heterocycles. The Balaban J connectivity index is 0.000000160. The number of carbonyl (C=O) groups is 2. The molecule has 140 valence electrons. The Morgan fingerprint density at radius 3 is 1.92 bits per heavy atom. The molecule has 0 bridgehead atoms. The fraction of sp³-hybridized carbons (Fsp3) is 0.588. The van der Waals surface area contributed by atoms with Crippen LogP contribution < -0.4 is 5.43 Å². The maximum atomic E-state index is 12.4. The molecule has 0 spiro atoms. The zero-order chi connectivity index (χ0) is 18.3. The lowest BCUT2D eigenvalue weighted by molar-refractivity contribution is -0.117. The van der Waals surface area contributed by atoms with E-state index in [1.54, 1.807) is 0 Å². The van der Waals surface area contributed by atoms with E-state index in [1.807, 2.05) is 14.7 Å². The first-order valence-electron chi connectivity index (χ1n) is 9.09. The number of carbonyl (C=O) groups excluding carboxylic acids is 2. The van der Waals surface area contributed by atoms with Gasteiger partial charge in [0.25, 0.3) is 0 Å². The van der Waals surface area contributed by atoms with E-state index in [0.717, 1.165) is 52.4 Å². The molecule has 0 aromatic rings. The lowest BCUT2D eigenvalue weighted by atomic mass is 10.0. The first kappa shape index (κ1) is 17.8. The van der Waals surface area contributed by atoms with Crippen LogP contribution in [0.2, 0.25) is 0 Å². The predicted molar refractivity (Wildman–Crippen MR) is 105 cm³/mol. The molecule has 0 atom stereocenters. The van der Waals surface area contributed by atoms with E-state index in [9.17, 15) is 9.59 Å². The summed E-state index contributed by atoms with van der Waals surface area (Å²) >= 11 is 8.70. The summed E-state index contributed by atoms with van der Waals surface area (Å²) in [7, 11) is 0. The van der Waals surface area contributed by atoms with Gasteiger partial charge in [-0.15, -0.1) is 12.6 Å². The summed E-state index contributed by atoms with van der Waals surface area (Å²) in [6, 6.07) is 0. The number of Topliss-reactive ketones (excluding diaryl/α,β-unsaturated/α-hetero) is 1. The summed E-state index contributed by atoms with van der Waals surface area (Å²) in [5, 5.41) is 2.09. The van der Waals surface area contributed by atoms with E-state index in [2.05, 4.69) is 23.1 Å². The van der Waals surface area contributed by atoms with Crippen LogP contribution in [0, 0.1) is 0 Å². The van der Waals surface area contributed by atoms with Gasteiger partial charge in [0.1, 0.15) is 15.7 Å². The van der Waals surface area contributed by atoms with Crippen LogP contribution in [0.25, 0.3) is 0 Å². The second kappa shape index (κ2) is 7.21. The van der Waals surface area contributed by atoms with Crippen molar-refractivity contribution in [3.63, 3.8) is 0 Å². The fourth-order valence-electron chi connectivity index (χ4n) is 3.24. The van der Waals surface area contributed by atoms with E-state index in [-0.39, 0.29) is 11.6 Å². The third kappa shape index (κ3) is 4.05. The van der Waals surface area contributed by atoms with E-state index in [0.29, 0.717) is 21.4 Å². The first-order chi connectivity index (χ1) is 12.5. The Morgan fingerprint density at radius 1 is 0.885 bits per heavy atom. The molecule has 1 N–H and O–H groups in total. The second-order valence-electron chi connectivity index (χ2n) is 6.99. The average molecular weight is 394 g/mol. The number of thiocarbonyl (C=S) groups is 1. The van der Waals surface area contributed by atoms with Crippen molar-refractivity contribution in [2.45, 2.75) is 12.8 Å². The number of rotatable bonds is 4. The molecule has 0 amide bonds. The van der Waals surface area contributed by atoms with Crippen LogP contribution in [0.5, 0.6) is 0 Å². The molecule has 5 aliphatic rings. The number of hydrogen-bond donors (Lipinski definition) is 2. The van der Waals surface area contributed by atoms with Crippen LogP contribution in [0.4, 0.5) is 0 Å². The summed E-state index contributed by atoms with van der Waals surface area (Å²) in [5.41, 5.74) is 4.86. The van der Waals surface area contributed by atoms with Gasteiger partial charge in [-0.2, -0.15) is 0 Å². The van der Waals surface area contributed by atoms with Crippen molar-refractivity contribution in [3.8, 4) is 0 Å². The molecule has 1 aliphatic carbocycles. The smallest absolute Gasteiger partial charge is 0.227 e. The highest BCUT2D eigenvalue weighted by Crippen LogP contribution is 2.33. The molecule has 0 unspecified atom stereocenters. The topological polar surface area (TPSA) is 58.4 Å². The summed E-state index contributed by atoms with van der Waals surface area (Å²) in [4.78, 5) is 30.5. The lowest BCUT2D eigenvalue weighted by Crippen LogP contribution is -2.36. The minimum atomic E-state index is 0.00546. The molecule has 5 rings (SSSR count). The van der Waals surface area contributed by atoms with Crippen LogP contribution in [-0.2, 0) is 9.59 Å². The Bertz CT molecular complexity index is 702. The quantitative estimate of drug-likeness (QED) is 0.299. The van der Waals surface area contributed by atoms with Gasteiger partial charge in [-0.3, -0.25) is 9.59 Å². The Labute approximate surface area is 164 Å². The normalized spacial score (nSPS) is 24.3. The van der Waals surface area contributed by atoms with Crippen LogP contribution in [-0.4, -0.2) is 88.0 Å². The van der Waals surface area contributed by atoms with Crippen molar-refractivity contribution in [2.75, 3.05) is 52.4 Å². The van der Waals surface area contributed by atoms with Crippen LogP contribution in [0.3, 0.4) is 0 Å². The number of nitrogens with one attached hydrogen (secondary N) is 1. The van der Waals surface area contributed by atoms with E-state index < -0.39 is 0 Å². The van der Waals surface area contributed by atoms with Gasteiger partial charge in [0.2, 0.25) is 11.6 Å². The van der Waals surface area contributed by atoms with Gasteiger partial charge >= 0.3 is 0 Å². The highest BCUT2D eigenvalue weighted by molar-refractivity contribution is 8.11. The van der Waals surface area contributed by atoms with Crippen molar-refractivity contribution in [1.29, 1.82) is 0 Å². The average Bonchev–Trinajstić information content (AvgIpc) is 3.44. The summed E-state index contributed by atoms with van der Waals surface area (Å²) in [5.74, 6) is 0.0485. The van der Waals surface area contributed by atoms with Gasteiger partial charge in [0.05, 0.1) is 5.70 Å². The molecule has 0 saturated carbocycles. The Morgan fingerprint density at radius 2 is 1.42 bits per heavy atom. The van der Waals surface area contributed by atoms with Crippen molar-refractivity contribution in [1.82, 2.24) is 25.1 Å². The number of thiol groups is 1. The van der Waals surface area contributed by atoms with Crippen LogP contribution in [0.15, 0.2) is 23.2 Å². The van der Waals surface area contributed by atoms with Gasteiger partial charge in [-0.25, -0.2) is 5.01 Å². The second-order valence-corrected chi connectivity index (χ2v) is 8.15. The third-order valence-corrected chi connectivity index (χ3v) is 5.04. The zero-order valence-corrected chi connectivity index (χ0v) is 16.3. The Hall–Kier alpha value is -1.58. The molecule has 7 nitrogen and oxygen atoms in total. The number of ketones is 2. The van der Waals surface area contributed by atoms with Crippen LogP contribution >= 0.6 is 24.8 Å². The molecule has 9 heteroatoms. The van der Waals surface area contributed by atoms with Gasteiger partial charge in [-0.1, -0.05) is 12.2 Å². The molecule has 4 saturated heterocycles. The van der Waals surface area contributed by atoms with Crippen molar-refractivity contribution in [3.05, 3.63) is 23.2 Å². The molecule has 4 aliphatic heterocycles. The molecule has 4 fully saturated rings. The van der Waals surface area contributed by atoms with Crippen molar-refractivity contribution < 1.29 is 9.59 Å². The van der Waals surface area contributed by atoms with E-state index in [4.69, 9.17) is 12.2 Å². The standard InChI is InChI=1S/C12H13N3O2.C5H10N2S2/c16-9-7-8(13-1-2-13)12(17)11(15-5-6-15)10(9)14-3-4-14;8-5(9)6-7-3-1-2-4-7/h7H,1-6H2;1-4H2,(H2,6,8,9). The summed E-state index contributed by atoms with van der Waals surface area (Å²) < 4.78 is 0.567. The number of hydrogen-bond acceptors (Lipinski definition) is 7. The maximum absolute atomic E-state index is 12.4. The van der Waals surface area contributed by atoms with E-state index in [1.165, 1.54) is 18.9 Å². The van der Waals surface area contributed by atoms with Gasteiger partial charge in [0.15, 0.2) is 0 Å². The maximum Gasteiger partial charge on any atom is 0.227 e. The predicted octanol–water partition coefficient (Wildman–Crippen LogP) is -0.0180. The largest absolute Gasteiger partial charge is 0.365 e.